The van der Waals surface area contributed by atoms with Gasteiger partial charge in [0.15, 0.2) is 5.82 Å². The van der Waals surface area contributed by atoms with Gasteiger partial charge in [0.05, 0.1) is 5.69 Å². The number of thioether (sulfide) groups is 1. The Hall–Kier alpha value is -4.26. The number of para-hydroxylation sites is 1. The summed E-state index contributed by atoms with van der Waals surface area (Å²) in [6.07, 6.45) is 1.27. The third-order valence-corrected chi connectivity index (χ3v) is 5.50. The molecule has 13 heteroatoms. The summed E-state index contributed by atoms with van der Waals surface area (Å²) < 4.78 is 2.29. The van der Waals surface area contributed by atoms with Gasteiger partial charge in [-0.3, -0.25) is 40.3 Å². The number of aromatic nitrogens is 4. The van der Waals surface area contributed by atoms with Crippen LogP contribution in [0.15, 0.2) is 59.5 Å². The summed E-state index contributed by atoms with van der Waals surface area (Å²) in [6, 6.07) is 13.9. The number of hydrogen-bond donors (Lipinski definition) is 3. The van der Waals surface area contributed by atoms with Crippen LogP contribution in [0.4, 0.5) is 4.79 Å². The van der Waals surface area contributed by atoms with Crippen molar-refractivity contribution in [2.75, 3.05) is 0 Å². The molecule has 1 aliphatic rings. The van der Waals surface area contributed by atoms with E-state index in [9.17, 15) is 24.0 Å². The van der Waals surface area contributed by atoms with Gasteiger partial charge >= 0.3 is 5.69 Å². The summed E-state index contributed by atoms with van der Waals surface area (Å²) in [6.45, 7) is -0.476. The van der Waals surface area contributed by atoms with Crippen molar-refractivity contribution >= 4 is 34.7 Å². The zero-order valence-corrected chi connectivity index (χ0v) is 17.7. The summed E-state index contributed by atoms with van der Waals surface area (Å²) in [7, 11) is 0. The lowest BCUT2D eigenvalue weighted by molar-refractivity contribution is -0.130. The molecule has 1 saturated heterocycles. The number of imide groups is 1. The van der Waals surface area contributed by atoms with Crippen molar-refractivity contribution in [3.63, 3.8) is 0 Å². The highest BCUT2D eigenvalue weighted by molar-refractivity contribution is 8.15. The molecule has 0 radical (unpaired) electrons. The molecule has 0 spiro atoms. The second-order valence-corrected chi connectivity index (χ2v) is 8.01. The maximum atomic E-state index is 13.0. The Morgan fingerprint density at radius 3 is 2.39 bits per heavy atom. The van der Waals surface area contributed by atoms with Crippen LogP contribution < -0.4 is 21.9 Å². The van der Waals surface area contributed by atoms with Crippen LogP contribution in [-0.4, -0.2) is 47.5 Å². The molecule has 3 aromatic rings. The van der Waals surface area contributed by atoms with E-state index in [2.05, 4.69) is 26.3 Å². The summed E-state index contributed by atoms with van der Waals surface area (Å²) >= 11 is 0.704. The van der Waals surface area contributed by atoms with Gasteiger partial charge in [-0.1, -0.05) is 36.0 Å². The molecule has 1 atom stereocenters. The third-order valence-electron chi connectivity index (χ3n) is 4.52. The Kier molecular flexibility index (Phi) is 6.31. The molecular formula is C20H17N7O5S. The Labute approximate surface area is 190 Å². The minimum atomic E-state index is -0.862. The van der Waals surface area contributed by atoms with Gasteiger partial charge in [-0.15, -0.1) is 5.10 Å². The Balaban J connectivity index is 1.48. The van der Waals surface area contributed by atoms with Gasteiger partial charge < -0.3 is 0 Å². The summed E-state index contributed by atoms with van der Waals surface area (Å²) in [4.78, 5) is 64.3. The van der Waals surface area contributed by atoms with E-state index in [0.717, 1.165) is 4.68 Å². The lowest BCUT2D eigenvalue weighted by Crippen LogP contribution is -2.45. The Morgan fingerprint density at radius 1 is 1.00 bits per heavy atom. The van der Waals surface area contributed by atoms with E-state index in [4.69, 9.17) is 0 Å². The topological polar surface area (TPSA) is 157 Å². The molecule has 33 heavy (non-hydrogen) atoms. The summed E-state index contributed by atoms with van der Waals surface area (Å²) in [5.41, 5.74) is 4.76. The first kappa shape index (κ1) is 22.0. The van der Waals surface area contributed by atoms with Crippen molar-refractivity contribution in [3.05, 3.63) is 65.2 Å². The largest absolute Gasteiger partial charge is 0.351 e. The number of nitrogens with zero attached hydrogens (tertiary/aromatic N) is 4. The van der Waals surface area contributed by atoms with E-state index in [0.29, 0.717) is 23.1 Å². The number of nitrogens with one attached hydrogen (secondary N) is 3. The van der Waals surface area contributed by atoms with Crippen LogP contribution in [0.25, 0.3) is 17.2 Å². The maximum Gasteiger partial charge on any atom is 0.351 e. The van der Waals surface area contributed by atoms with Crippen LogP contribution in [0, 0.1) is 0 Å². The number of benzene rings is 1. The monoisotopic (exact) mass is 467 g/mol. The van der Waals surface area contributed by atoms with E-state index in [1.165, 1.54) is 4.57 Å². The zero-order chi connectivity index (χ0) is 23.4. The maximum absolute atomic E-state index is 13.0. The second kappa shape index (κ2) is 9.48. The minimum Gasteiger partial charge on any atom is -0.286 e. The minimum absolute atomic E-state index is 0.248. The Bertz CT molecular complexity index is 1270. The van der Waals surface area contributed by atoms with E-state index < -0.39 is 40.4 Å². The highest BCUT2D eigenvalue weighted by Crippen LogP contribution is 2.21. The van der Waals surface area contributed by atoms with Gasteiger partial charge in [0.25, 0.3) is 11.1 Å². The SMILES string of the molecule is O=C(CC1SC(=O)NC1=O)NNC(=O)Cn1nc(-c2ccccn2)n(-c2ccccc2)c1=O. The quantitative estimate of drug-likeness (QED) is 0.427. The standard InChI is InChI=1S/C20H17N7O5S/c28-15(10-14-18(30)22-19(31)33-14)23-24-16(29)11-26-20(32)27(12-6-2-1-3-7-12)17(25-26)13-8-4-5-9-21-13/h1-9,14H,10-11H2,(H,23,28)(H,24,29)(H,22,30,31). The number of hydrogen-bond acceptors (Lipinski definition) is 8. The normalized spacial score (nSPS) is 15.2. The van der Waals surface area contributed by atoms with Gasteiger partial charge in [0.1, 0.15) is 17.5 Å². The van der Waals surface area contributed by atoms with Crippen molar-refractivity contribution in [3.8, 4) is 17.2 Å². The number of amides is 4. The number of rotatable bonds is 6. The van der Waals surface area contributed by atoms with Gasteiger partial charge in [-0.25, -0.2) is 14.0 Å². The molecule has 4 amide bonds. The predicted octanol–water partition coefficient (Wildman–Crippen LogP) is -0.0149. The summed E-state index contributed by atoms with van der Waals surface area (Å²) in [5, 5.41) is 4.95. The first-order chi connectivity index (χ1) is 15.9. The van der Waals surface area contributed by atoms with E-state index in [1.807, 2.05) is 0 Å². The smallest absolute Gasteiger partial charge is 0.286 e. The average Bonchev–Trinajstić information content (AvgIpc) is 3.31. The lowest BCUT2D eigenvalue weighted by Gasteiger charge is -2.08. The van der Waals surface area contributed by atoms with E-state index in [1.54, 1.807) is 54.7 Å². The van der Waals surface area contributed by atoms with Crippen LogP contribution in [0.3, 0.4) is 0 Å². The van der Waals surface area contributed by atoms with Gasteiger partial charge in [-0.05, 0) is 24.3 Å². The molecule has 3 N–H and O–H groups in total. The molecule has 0 aliphatic carbocycles. The number of carbonyl (C=O) groups excluding carboxylic acids is 4. The van der Waals surface area contributed by atoms with Crippen molar-refractivity contribution in [2.24, 2.45) is 0 Å². The number of pyridine rings is 1. The molecule has 1 aliphatic heterocycles. The van der Waals surface area contributed by atoms with Crippen LogP contribution >= 0.6 is 11.8 Å². The van der Waals surface area contributed by atoms with E-state index >= 15 is 0 Å². The fourth-order valence-corrected chi connectivity index (χ4v) is 3.86. The predicted molar refractivity (Wildman–Crippen MR) is 117 cm³/mol. The van der Waals surface area contributed by atoms with Crippen molar-refractivity contribution in [1.29, 1.82) is 0 Å². The first-order valence-corrected chi connectivity index (χ1v) is 10.6. The van der Waals surface area contributed by atoms with Crippen LogP contribution in [0.5, 0.6) is 0 Å². The van der Waals surface area contributed by atoms with E-state index in [-0.39, 0.29) is 12.2 Å². The first-order valence-electron chi connectivity index (χ1n) is 9.68. The third kappa shape index (κ3) is 4.98. The average molecular weight is 467 g/mol. The number of carbonyl (C=O) groups is 4. The highest BCUT2D eigenvalue weighted by Gasteiger charge is 2.33. The van der Waals surface area contributed by atoms with Crippen LogP contribution in [0.1, 0.15) is 6.42 Å². The van der Waals surface area contributed by atoms with Gasteiger partial charge in [-0.2, -0.15) is 0 Å². The fraction of sp³-hybridized carbons (Fsp3) is 0.150. The van der Waals surface area contributed by atoms with Crippen LogP contribution in [-0.2, 0) is 20.9 Å². The molecule has 3 heterocycles. The fourth-order valence-electron chi connectivity index (χ4n) is 3.04. The summed E-state index contributed by atoms with van der Waals surface area (Å²) in [5.74, 6) is -1.69. The molecule has 168 valence electrons. The molecule has 4 rings (SSSR count). The highest BCUT2D eigenvalue weighted by atomic mass is 32.2. The van der Waals surface area contributed by atoms with Crippen LogP contribution in [0.2, 0.25) is 0 Å². The van der Waals surface area contributed by atoms with Crippen molar-refractivity contribution < 1.29 is 19.2 Å². The molecule has 12 nitrogen and oxygen atoms in total. The van der Waals surface area contributed by atoms with Crippen molar-refractivity contribution in [1.82, 2.24) is 35.5 Å². The Morgan fingerprint density at radius 2 is 1.73 bits per heavy atom. The molecule has 0 bridgehead atoms. The molecule has 1 fully saturated rings. The molecule has 0 saturated carbocycles. The van der Waals surface area contributed by atoms with Gasteiger partial charge in [0.2, 0.25) is 11.8 Å². The molecule has 1 unspecified atom stereocenters. The molecule has 1 aromatic carbocycles. The second-order valence-electron chi connectivity index (χ2n) is 6.83. The zero-order valence-electron chi connectivity index (χ0n) is 16.9. The van der Waals surface area contributed by atoms with Crippen molar-refractivity contribution in [2.45, 2.75) is 18.2 Å². The van der Waals surface area contributed by atoms with Gasteiger partial charge in [0, 0.05) is 12.6 Å². The molecule has 2 aromatic heterocycles. The lowest BCUT2D eigenvalue weighted by atomic mass is 10.3. The molecular weight excluding hydrogens is 450 g/mol. The number of hydrazine groups is 1.